The number of amides is 1. The number of carbonyl (C=O) groups is 1. The molecule has 1 saturated carbocycles. The zero-order chi connectivity index (χ0) is 16.2. The Morgan fingerprint density at radius 1 is 1.50 bits per heavy atom. The highest BCUT2D eigenvalue weighted by atomic mass is 16.6. The molecular weight excluding hydrogens is 280 g/mol. The van der Waals surface area contributed by atoms with Gasteiger partial charge >= 0.3 is 6.09 Å². The lowest BCUT2D eigenvalue weighted by Crippen LogP contribution is -2.41. The molecule has 2 rings (SSSR count). The van der Waals surface area contributed by atoms with E-state index in [0.717, 1.165) is 18.7 Å². The van der Waals surface area contributed by atoms with Crippen molar-refractivity contribution in [3.05, 3.63) is 18.2 Å². The third-order valence-corrected chi connectivity index (χ3v) is 3.96. The fourth-order valence-corrected chi connectivity index (χ4v) is 2.94. The Labute approximate surface area is 132 Å². The summed E-state index contributed by atoms with van der Waals surface area (Å²) in [6.07, 6.45) is 6.71. The van der Waals surface area contributed by atoms with Crippen molar-refractivity contribution >= 4 is 6.09 Å². The van der Waals surface area contributed by atoms with Crippen LogP contribution in [-0.2, 0) is 4.74 Å². The molecule has 0 spiro atoms. The average molecular weight is 308 g/mol. The Balaban J connectivity index is 1.79. The SMILES string of the molecule is CC(NC1CCCC1CNC(=O)OC(C)(C)C)c1ncc[nH]1. The third kappa shape index (κ3) is 5.02. The lowest BCUT2D eigenvalue weighted by atomic mass is 10.0. The van der Waals surface area contributed by atoms with E-state index in [1.165, 1.54) is 6.42 Å². The Kier molecular flexibility index (Phi) is 5.45. The summed E-state index contributed by atoms with van der Waals surface area (Å²) in [5.74, 6) is 1.38. The summed E-state index contributed by atoms with van der Waals surface area (Å²) < 4.78 is 5.29. The molecule has 0 aliphatic heterocycles. The van der Waals surface area contributed by atoms with Crippen molar-refractivity contribution in [2.75, 3.05) is 6.54 Å². The summed E-state index contributed by atoms with van der Waals surface area (Å²) in [6, 6.07) is 0.581. The van der Waals surface area contributed by atoms with E-state index < -0.39 is 5.60 Å². The Hall–Kier alpha value is -1.56. The highest BCUT2D eigenvalue weighted by molar-refractivity contribution is 5.67. The van der Waals surface area contributed by atoms with Gasteiger partial charge in [-0.1, -0.05) is 6.42 Å². The van der Waals surface area contributed by atoms with Crippen molar-refractivity contribution < 1.29 is 9.53 Å². The van der Waals surface area contributed by atoms with E-state index in [2.05, 4.69) is 27.5 Å². The minimum Gasteiger partial charge on any atom is -0.444 e. The van der Waals surface area contributed by atoms with Crippen molar-refractivity contribution in [2.24, 2.45) is 5.92 Å². The van der Waals surface area contributed by atoms with Gasteiger partial charge in [-0.2, -0.15) is 0 Å². The number of ether oxygens (including phenoxy) is 1. The molecule has 0 radical (unpaired) electrons. The van der Waals surface area contributed by atoms with Crippen LogP contribution in [0.5, 0.6) is 0 Å². The summed E-state index contributed by atoms with van der Waals surface area (Å²) in [4.78, 5) is 19.2. The third-order valence-electron chi connectivity index (χ3n) is 3.96. The first kappa shape index (κ1) is 16.8. The standard InChI is InChI=1S/C16H28N4O2/c1-11(14-17-8-9-18-14)20-13-7-5-6-12(13)10-19-15(21)22-16(2,3)4/h8-9,11-13,20H,5-7,10H2,1-4H3,(H,17,18)(H,19,21). The number of hydrogen-bond donors (Lipinski definition) is 3. The van der Waals surface area contributed by atoms with E-state index in [9.17, 15) is 4.79 Å². The molecule has 3 atom stereocenters. The van der Waals surface area contributed by atoms with E-state index in [0.29, 0.717) is 18.5 Å². The van der Waals surface area contributed by atoms with Crippen LogP contribution in [0.4, 0.5) is 4.79 Å². The molecule has 1 amide bonds. The van der Waals surface area contributed by atoms with Crippen molar-refractivity contribution in [3.63, 3.8) is 0 Å². The zero-order valence-corrected chi connectivity index (χ0v) is 14.0. The molecule has 22 heavy (non-hydrogen) atoms. The van der Waals surface area contributed by atoms with Gasteiger partial charge < -0.3 is 20.4 Å². The number of H-pyrrole nitrogens is 1. The largest absolute Gasteiger partial charge is 0.444 e. The maximum Gasteiger partial charge on any atom is 0.407 e. The molecule has 1 fully saturated rings. The normalized spacial score (nSPS) is 23.3. The highest BCUT2D eigenvalue weighted by Crippen LogP contribution is 2.27. The predicted molar refractivity (Wildman–Crippen MR) is 85.5 cm³/mol. The Morgan fingerprint density at radius 3 is 2.91 bits per heavy atom. The summed E-state index contributed by atoms with van der Waals surface area (Å²) >= 11 is 0. The summed E-state index contributed by atoms with van der Waals surface area (Å²) in [7, 11) is 0. The highest BCUT2D eigenvalue weighted by Gasteiger charge is 2.29. The smallest absolute Gasteiger partial charge is 0.407 e. The van der Waals surface area contributed by atoms with Crippen molar-refractivity contribution in [3.8, 4) is 0 Å². The second kappa shape index (κ2) is 7.13. The molecule has 1 aliphatic carbocycles. The van der Waals surface area contributed by atoms with Crippen molar-refractivity contribution in [1.29, 1.82) is 0 Å². The number of aromatic nitrogens is 2. The van der Waals surface area contributed by atoms with Gasteiger partial charge in [0.1, 0.15) is 11.4 Å². The van der Waals surface area contributed by atoms with E-state index in [4.69, 9.17) is 4.74 Å². The molecule has 1 aromatic rings. The number of aromatic amines is 1. The molecule has 0 aromatic carbocycles. The minimum absolute atomic E-state index is 0.183. The number of carbonyl (C=O) groups excluding carboxylic acids is 1. The number of alkyl carbamates (subject to hydrolysis) is 1. The summed E-state index contributed by atoms with van der Waals surface area (Å²) in [5.41, 5.74) is -0.453. The number of imidazole rings is 1. The summed E-state index contributed by atoms with van der Waals surface area (Å²) in [5, 5.41) is 6.51. The van der Waals surface area contributed by atoms with Gasteiger partial charge in [-0.3, -0.25) is 0 Å². The van der Waals surface area contributed by atoms with Crippen LogP contribution in [0.3, 0.4) is 0 Å². The molecule has 0 bridgehead atoms. The van der Waals surface area contributed by atoms with E-state index in [1.807, 2.05) is 27.0 Å². The molecular formula is C16H28N4O2. The fourth-order valence-electron chi connectivity index (χ4n) is 2.94. The van der Waals surface area contributed by atoms with Crippen LogP contribution < -0.4 is 10.6 Å². The molecule has 3 N–H and O–H groups in total. The number of nitrogens with one attached hydrogen (secondary N) is 3. The molecule has 6 heteroatoms. The van der Waals surface area contributed by atoms with Crippen LogP contribution in [0, 0.1) is 5.92 Å². The molecule has 1 aromatic heterocycles. The molecule has 0 saturated heterocycles. The van der Waals surface area contributed by atoms with Gasteiger partial charge in [-0.25, -0.2) is 9.78 Å². The molecule has 1 aliphatic rings. The van der Waals surface area contributed by atoms with Crippen LogP contribution in [0.2, 0.25) is 0 Å². The maximum absolute atomic E-state index is 11.8. The first-order valence-electron chi connectivity index (χ1n) is 8.07. The van der Waals surface area contributed by atoms with Crippen LogP contribution >= 0.6 is 0 Å². The van der Waals surface area contributed by atoms with Gasteiger partial charge in [0.05, 0.1) is 6.04 Å². The lowest BCUT2D eigenvalue weighted by Gasteiger charge is -2.25. The first-order valence-corrected chi connectivity index (χ1v) is 8.07. The number of nitrogens with zero attached hydrogens (tertiary/aromatic N) is 1. The van der Waals surface area contributed by atoms with Gasteiger partial charge in [0.15, 0.2) is 0 Å². The maximum atomic E-state index is 11.8. The van der Waals surface area contributed by atoms with E-state index >= 15 is 0 Å². The Bertz CT molecular complexity index is 467. The monoisotopic (exact) mass is 308 g/mol. The van der Waals surface area contributed by atoms with Crippen molar-refractivity contribution in [1.82, 2.24) is 20.6 Å². The lowest BCUT2D eigenvalue weighted by molar-refractivity contribution is 0.0517. The van der Waals surface area contributed by atoms with E-state index in [-0.39, 0.29) is 12.1 Å². The van der Waals surface area contributed by atoms with Gasteiger partial charge in [-0.15, -0.1) is 0 Å². The van der Waals surface area contributed by atoms with Crippen LogP contribution in [-0.4, -0.2) is 34.2 Å². The predicted octanol–water partition coefficient (Wildman–Crippen LogP) is 2.75. The van der Waals surface area contributed by atoms with Gasteiger partial charge in [-0.05, 0) is 46.5 Å². The molecule has 6 nitrogen and oxygen atoms in total. The zero-order valence-electron chi connectivity index (χ0n) is 14.0. The molecule has 124 valence electrons. The van der Waals surface area contributed by atoms with Crippen LogP contribution in [0.25, 0.3) is 0 Å². The van der Waals surface area contributed by atoms with Gasteiger partial charge in [0.25, 0.3) is 0 Å². The molecule has 1 heterocycles. The van der Waals surface area contributed by atoms with Crippen LogP contribution in [0.15, 0.2) is 12.4 Å². The second-order valence-electron chi connectivity index (χ2n) is 7.04. The first-order chi connectivity index (χ1) is 10.3. The van der Waals surface area contributed by atoms with Crippen LogP contribution in [0.1, 0.15) is 58.8 Å². The van der Waals surface area contributed by atoms with E-state index in [1.54, 1.807) is 6.20 Å². The van der Waals surface area contributed by atoms with Gasteiger partial charge in [0.2, 0.25) is 0 Å². The average Bonchev–Trinajstić information content (AvgIpc) is 3.05. The quantitative estimate of drug-likeness (QED) is 0.781. The number of hydrogen-bond acceptors (Lipinski definition) is 4. The minimum atomic E-state index is -0.453. The Morgan fingerprint density at radius 2 is 2.27 bits per heavy atom. The fraction of sp³-hybridized carbons (Fsp3) is 0.750. The number of rotatable bonds is 5. The summed E-state index contributed by atoms with van der Waals surface area (Å²) in [6.45, 7) is 8.37. The second-order valence-corrected chi connectivity index (χ2v) is 7.04. The topological polar surface area (TPSA) is 79.0 Å². The van der Waals surface area contributed by atoms with Gasteiger partial charge in [0, 0.05) is 25.0 Å². The molecule has 3 unspecified atom stereocenters. The van der Waals surface area contributed by atoms with Crippen molar-refractivity contribution in [2.45, 2.75) is 64.6 Å².